The van der Waals surface area contributed by atoms with Gasteiger partial charge in [0.05, 0.1) is 27.8 Å². The Balaban J connectivity index is 1.09. The van der Waals surface area contributed by atoms with Crippen LogP contribution < -0.4 is 0 Å². The summed E-state index contributed by atoms with van der Waals surface area (Å²) in [4.78, 5) is 11.7. The molecule has 0 aliphatic heterocycles. The van der Waals surface area contributed by atoms with Gasteiger partial charge < -0.3 is 5.11 Å². The Labute approximate surface area is 485 Å². The van der Waals surface area contributed by atoms with Crippen LogP contribution in [0.3, 0.4) is 0 Å². The lowest BCUT2D eigenvalue weighted by atomic mass is 9.69. The molecule has 3 heterocycles. The molecule has 0 spiro atoms. The van der Waals surface area contributed by atoms with E-state index in [0.717, 1.165) is 117 Å². The molecule has 11 aromatic carbocycles. The molecule has 390 valence electrons. The van der Waals surface area contributed by atoms with Crippen molar-refractivity contribution in [2.75, 3.05) is 0 Å². The summed E-state index contributed by atoms with van der Waals surface area (Å²) >= 11 is 1.81. The first-order valence-electron chi connectivity index (χ1n) is 28.0. The number of rotatable bonds is 11. The van der Waals surface area contributed by atoms with E-state index in [2.05, 4.69) is 259 Å². The predicted octanol–water partition coefficient (Wildman–Crippen LogP) is 20.1. The number of hydrogen-bond acceptors (Lipinski definition) is 4. The van der Waals surface area contributed by atoms with Crippen LogP contribution in [0.5, 0.6) is 5.75 Å². The van der Waals surface area contributed by atoms with Crippen molar-refractivity contribution in [2.24, 2.45) is 0 Å². The minimum absolute atomic E-state index is 0.233. The first kappa shape index (κ1) is 49.4. The molecule has 4 nitrogen and oxygen atoms in total. The summed E-state index contributed by atoms with van der Waals surface area (Å²) in [5.41, 5.74) is 18.7. The average Bonchev–Trinajstić information content (AvgIpc) is 2.03. The lowest BCUT2D eigenvalue weighted by Crippen LogP contribution is -2.26. The molecule has 0 radical (unpaired) electrons. The number of thiophene rings is 1. The second kappa shape index (κ2) is 20.5. The van der Waals surface area contributed by atoms with Crippen molar-refractivity contribution in [3.8, 4) is 102 Å². The molecular formula is C78H51N3OS. The highest BCUT2D eigenvalue weighted by molar-refractivity contribution is 7.25. The van der Waals surface area contributed by atoms with Crippen LogP contribution >= 0.6 is 11.3 Å². The smallest absolute Gasteiger partial charge is 0.235 e. The third-order valence-electron chi connectivity index (χ3n) is 16.6. The Hall–Kier alpha value is -10.6. The van der Waals surface area contributed by atoms with Crippen LogP contribution in [0, 0.1) is 12.3 Å². The van der Waals surface area contributed by atoms with Crippen molar-refractivity contribution in [1.82, 2.24) is 14.5 Å². The van der Waals surface area contributed by atoms with Gasteiger partial charge >= 0.3 is 0 Å². The second-order valence-electron chi connectivity index (χ2n) is 21.3. The van der Waals surface area contributed by atoms with Crippen molar-refractivity contribution in [1.29, 1.82) is 0 Å². The number of allylic oxidation sites excluding steroid dienone is 4. The highest BCUT2D eigenvalue weighted by Gasteiger charge is 2.46. The highest BCUT2D eigenvalue weighted by atomic mass is 32.1. The molecule has 15 rings (SSSR count). The highest BCUT2D eigenvalue weighted by Crippen LogP contribution is 2.59. The van der Waals surface area contributed by atoms with E-state index in [-0.39, 0.29) is 5.75 Å². The van der Waals surface area contributed by atoms with E-state index < -0.39 is 5.41 Å². The lowest BCUT2D eigenvalue weighted by Gasteiger charge is -2.32. The molecule has 1 aliphatic carbocycles. The number of para-hydroxylation sites is 1. The summed E-state index contributed by atoms with van der Waals surface area (Å²) < 4.78 is 4.76. The Morgan fingerprint density at radius 1 is 0.434 bits per heavy atom. The number of hydrogen-bond donors (Lipinski definition) is 1. The summed E-state index contributed by atoms with van der Waals surface area (Å²) in [5, 5.41) is 16.7. The third kappa shape index (κ3) is 8.47. The zero-order chi connectivity index (χ0) is 55.4. The molecule has 0 saturated heterocycles. The fourth-order valence-corrected chi connectivity index (χ4v) is 14.0. The van der Waals surface area contributed by atoms with Gasteiger partial charge in [-0.25, -0.2) is 9.97 Å². The van der Waals surface area contributed by atoms with Gasteiger partial charge in [0, 0.05) is 53.2 Å². The van der Waals surface area contributed by atoms with Gasteiger partial charge in [-0.15, -0.1) is 17.8 Å². The Kier molecular flexibility index (Phi) is 12.2. The normalized spacial score (nSPS) is 13.8. The van der Waals surface area contributed by atoms with Crippen LogP contribution in [-0.2, 0) is 5.41 Å². The van der Waals surface area contributed by atoms with E-state index in [1.165, 1.54) is 20.2 Å². The average molecular weight is 1080 g/mol. The summed E-state index contributed by atoms with van der Waals surface area (Å²) in [7, 11) is 0. The quantitative estimate of drug-likeness (QED) is 0.104. The fourth-order valence-electron chi connectivity index (χ4n) is 12.8. The number of aromatic hydroxyl groups is 1. The largest absolute Gasteiger partial charge is 0.508 e. The van der Waals surface area contributed by atoms with Crippen molar-refractivity contribution in [3.05, 3.63) is 302 Å². The number of nitrogens with zero attached hydrogens (tertiary/aromatic N) is 3. The molecule has 1 aliphatic rings. The molecule has 1 atom stereocenters. The Bertz CT molecular complexity index is 4690. The van der Waals surface area contributed by atoms with Gasteiger partial charge in [0.2, 0.25) is 5.95 Å². The molecule has 0 amide bonds. The van der Waals surface area contributed by atoms with Gasteiger partial charge in [0.15, 0.2) is 0 Å². The number of aromatic nitrogens is 3. The van der Waals surface area contributed by atoms with E-state index >= 15 is 0 Å². The van der Waals surface area contributed by atoms with E-state index in [1.54, 1.807) is 12.1 Å². The summed E-state index contributed by atoms with van der Waals surface area (Å²) in [6.07, 6.45) is 14.0. The number of fused-ring (bicyclic) bond motifs is 10. The van der Waals surface area contributed by atoms with E-state index in [1.807, 2.05) is 35.6 Å². The fraction of sp³-hybridized carbons (Fsp3) is 0.0256. The van der Waals surface area contributed by atoms with Crippen molar-refractivity contribution in [2.45, 2.75) is 11.8 Å². The number of phenolic OH excluding ortho intramolecular Hbond substituents is 1. The van der Waals surface area contributed by atoms with Crippen LogP contribution in [0.25, 0.3) is 126 Å². The van der Waals surface area contributed by atoms with E-state index in [9.17, 15) is 5.11 Å². The maximum Gasteiger partial charge on any atom is 0.235 e. The monoisotopic (exact) mass is 1080 g/mol. The Morgan fingerprint density at radius 2 is 0.952 bits per heavy atom. The molecule has 14 aromatic rings. The maximum absolute atomic E-state index is 12.1. The maximum atomic E-state index is 12.1. The molecule has 1 N–H and O–H groups in total. The van der Waals surface area contributed by atoms with Crippen molar-refractivity contribution >= 4 is 53.3 Å². The van der Waals surface area contributed by atoms with E-state index in [4.69, 9.17) is 16.4 Å². The summed E-state index contributed by atoms with van der Waals surface area (Å²) in [6.45, 7) is 0. The van der Waals surface area contributed by atoms with E-state index in [0.29, 0.717) is 12.4 Å². The Morgan fingerprint density at radius 3 is 1.53 bits per heavy atom. The standard InChI is InChI=1S/C78H51N3OS/c1-2-3-4-5-24-41-78(67-36-21-22-37-72(67)82)66-35-20-18-34-63(66)75-68(78)40-39-62-64-48-65-61-33-19-23-38-73(61)83-74(65)50-71(64)81(76(62)75)77-79-69(59-44-55(51-25-10-6-11-26-51)42-56(45-59)52-27-12-7-13-28-52)49-70(80-77)60-46-57(53-29-14-8-15-30-53)43-58(47-60)54-31-16-9-17-32-54/h1,3-40,42-50,82H,41H2/b4-3-,24-5-. The summed E-state index contributed by atoms with van der Waals surface area (Å²) in [6, 6.07) is 92.9. The second-order valence-corrected chi connectivity index (χ2v) is 22.4. The minimum atomic E-state index is -0.797. The topological polar surface area (TPSA) is 50.9 Å². The van der Waals surface area contributed by atoms with Gasteiger partial charge in [-0.05, 0) is 140 Å². The molecule has 1 unspecified atom stereocenters. The van der Waals surface area contributed by atoms with Crippen LogP contribution in [0.15, 0.2) is 285 Å². The minimum Gasteiger partial charge on any atom is -0.508 e. The van der Waals surface area contributed by atoms with Crippen molar-refractivity contribution in [3.63, 3.8) is 0 Å². The van der Waals surface area contributed by atoms with Gasteiger partial charge in [0.25, 0.3) is 0 Å². The molecule has 0 saturated carbocycles. The van der Waals surface area contributed by atoms with Crippen LogP contribution in [-0.4, -0.2) is 19.6 Å². The number of benzene rings is 11. The van der Waals surface area contributed by atoms with Crippen molar-refractivity contribution < 1.29 is 5.11 Å². The summed E-state index contributed by atoms with van der Waals surface area (Å²) in [5.74, 6) is 3.41. The molecule has 83 heavy (non-hydrogen) atoms. The zero-order valence-corrected chi connectivity index (χ0v) is 45.9. The first-order valence-corrected chi connectivity index (χ1v) is 28.8. The van der Waals surface area contributed by atoms with Crippen LogP contribution in [0.4, 0.5) is 0 Å². The molecule has 5 heteroatoms. The third-order valence-corrected chi connectivity index (χ3v) is 17.7. The molecule has 0 bridgehead atoms. The molecule has 3 aromatic heterocycles. The molecule has 0 fully saturated rings. The first-order chi connectivity index (χ1) is 41.0. The van der Waals surface area contributed by atoms with Gasteiger partial charge in [0.1, 0.15) is 5.75 Å². The lowest BCUT2D eigenvalue weighted by molar-refractivity contribution is 0.454. The SMILES string of the molecule is C#C/C=C\C=C/CC1(c2ccccc2O)c2ccccc2-c2c1ccc1c3cc4c(cc3n(-c3nc(-c5cc(-c6ccccc6)cc(-c6ccccc6)c5)cc(-c5cc(-c6ccccc6)cc(-c6ccccc6)c5)n3)c21)sc1ccccc14. The number of phenols is 1. The van der Waals surface area contributed by atoms with Crippen LogP contribution in [0.2, 0.25) is 0 Å². The van der Waals surface area contributed by atoms with Crippen LogP contribution in [0.1, 0.15) is 23.1 Å². The predicted molar refractivity (Wildman–Crippen MR) is 347 cm³/mol. The van der Waals surface area contributed by atoms with Gasteiger partial charge in [-0.3, -0.25) is 4.57 Å². The zero-order valence-electron chi connectivity index (χ0n) is 45.1. The van der Waals surface area contributed by atoms with Gasteiger partial charge in [-0.1, -0.05) is 218 Å². The van der Waals surface area contributed by atoms with Gasteiger partial charge in [-0.2, -0.15) is 0 Å². The molecular weight excluding hydrogens is 1030 g/mol. The number of terminal acetylenes is 1.